The number of unbranched alkanes of at least 4 members (excludes halogenated alkanes) is 1. The van der Waals surface area contributed by atoms with Gasteiger partial charge in [0.25, 0.3) is 0 Å². The summed E-state index contributed by atoms with van der Waals surface area (Å²) >= 11 is 0. The fourth-order valence-electron chi connectivity index (χ4n) is 2.81. The van der Waals surface area contributed by atoms with Crippen LogP contribution < -0.4 is 5.73 Å². The highest BCUT2D eigenvalue weighted by atomic mass is 35.5. The fraction of sp³-hybridized carbons (Fsp3) is 0.800. The molecule has 0 aromatic rings. The topological polar surface area (TPSA) is 46.3 Å². The largest absolute Gasteiger partial charge is 0.346 e. The number of hydrogen-bond donors (Lipinski definition) is 1. The van der Waals surface area contributed by atoms with E-state index in [-0.39, 0.29) is 23.7 Å². The van der Waals surface area contributed by atoms with Crippen molar-refractivity contribution in [1.29, 1.82) is 0 Å². The van der Waals surface area contributed by atoms with E-state index in [0.29, 0.717) is 13.0 Å². The van der Waals surface area contributed by atoms with Crippen LogP contribution in [-0.2, 0) is 4.79 Å². The average molecular weight is 289 g/mol. The molecule has 1 amide bonds. The van der Waals surface area contributed by atoms with Crippen LogP contribution in [0.4, 0.5) is 0 Å². The molecule has 0 bridgehead atoms. The Morgan fingerprint density at radius 3 is 2.53 bits per heavy atom. The van der Waals surface area contributed by atoms with Crippen molar-refractivity contribution in [3.63, 3.8) is 0 Å². The quantitative estimate of drug-likeness (QED) is 0.578. The third-order valence-electron chi connectivity index (χ3n) is 4.20. The lowest BCUT2D eigenvalue weighted by Crippen LogP contribution is -2.39. The van der Waals surface area contributed by atoms with Gasteiger partial charge in [-0.15, -0.1) is 19.0 Å². The lowest BCUT2D eigenvalue weighted by atomic mass is 9.71. The molecule has 2 N–H and O–H groups in total. The second-order valence-electron chi connectivity index (χ2n) is 5.69. The summed E-state index contributed by atoms with van der Waals surface area (Å²) in [6.45, 7) is 5.18. The van der Waals surface area contributed by atoms with E-state index in [4.69, 9.17) is 5.73 Å². The number of carbonyl (C=O) groups excluding carboxylic acids is 1. The van der Waals surface area contributed by atoms with E-state index in [2.05, 4.69) is 6.58 Å². The molecule has 3 nitrogen and oxygen atoms in total. The van der Waals surface area contributed by atoms with Gasteiger partial charge in [0.05, 0.1) is 0 Å². The van der Waals surface area contributed by atoms with Crippen molar-refractivity contribution in [2.45, 2.75) is 51.4 Å². The Morgan fingerprint density at radius 1 is 1.37 bits per heavy atom. The van der Waals surface area contributed by atoms with Crippen LogP contribution in [0.15, 0.2) is 12.7 Å². The first kappa shape index (κ1) is 18.5. The number of halogens is 1. The lowest BCUT2D eigenvalue weighted by molar-refractivity contribution is -0.132. The van der Waals surface area contributed by atoms with Gasteiger partial charge in [-0.1, -0.05) is 25.3 Å². The third-order valence-corrected chi connectivity index (χ3v) is 4.20. The molecule has 1 aliphatic carbocycles. The zero-order valence-electron chi connectivity index (χ0n) is 12.2. The summed E-state index contributed by atoms with van der Waals surface area (Å²) in [6, 6.07) is 0. The maximum Gasteiger partial charge on any atom is 0.222 e. The van der Waals surface area contributed by atoms with Crippen LogP contribution in [0.2, 0.25) is 0 Å². The zero-order chi connectivity index (χ0) is 13.4. The van der Waals surface area contributed by atoms with Crippen molar-refractivity contribution in [3.8, 4) is 0 Å². The van der Waals surface area contributed by atoms with Gasteiger partial charge in [0.1, 0.15) is 0 Å². The number of hydrogen-bond acceptors (Lipinski definition) is 2. The summed E-state index contributed by atoms with van der Waals surface area (Å²) in [4.78, 5) is 14.1. The molecule has 4 heteroatoms. The van der Waals surface area contributed by atoms with E-state index in [9.17, 15) is 4.79 Å². The minimum Gasteiger partial charge on any atom is -0.346 e. The van der Waals surface area contributed by atoms with E-state index in [0.717, 1.165) is 32.2 Å². The standard InChI is InChI=1S/C15H28N2O.ClH/c1-3-4-8-11-17(2)14(18)12-15(13-16)9-6-5-7-10-15;/h3H,1,4-13,16H2,2H3;1H. The molecule has 0 spiro atoms. The minimum absolute atomic E-state index is 0. The van der Waals surface area contributed by atoms with Crippen molar-refractivity contribution in [1.82, 2.24) is 4.90 Å². The van der Waals surface area contributed by atoms with Crippen LogP contribution >= 0.6 is 12.4 Å². The molecule has 1 saturated carbocycles. The van der Waals surface area contributed by atoms with Crippen LogP contribution in [0.25, 0.3) is 0 Å². The van der Waals surface area contributed by atoms with Gasteiger partial charge in [0.2, 0.25) is 5.91 Å². The Labute approximate surface area is 124 Å². The summed E-state index contributed by atoms with van der Waals surface area (Å²) in [5, 5.41) is 0. The monoisotopic (exact) mass is 288 g/mol. The molecule has 0 heterocycles. The van der Waals surface area contributed by atoms with Gasteiger partial charge in [0, 0.05) is 20.0 Å². The SMILES string of the molecule is C=CCCCN(C)C(=O)CC1(CN)CCCCC1.Cl. The smallest absolute Gasteiger partial charge is 0.222 e. The predicted molar refractivity (Wildman–Crippen MR) is 83.5 cm³/mol. The first-order valence-corrected chi connectivity index (χ1v) is 7.18. The summed E-state index contributed by atoms with van der Waals surface area (Å²) in [6.07, 6.45) is 10.5. The number of rotatable bonds is 7. The van der Waals surface area contributed by atoms with Gasteiger partial charge in [-0.25, -0.2) is 0 Å². The van der Waals surface area contributed by atoms with Gasteiger partial charge in [-0.05, 0) is 37.6 Å². The van der Waals surface area contributed by atoms with Gasteiger partial charge < -0.3 is 10.6 Å². The molecule has 0 radical (unpaired) electrons. The second-order valence-corrected chi connectivity index (χ2v) is 5.69. The van der Waals surface area contributed by atoms with E-state index >= 15 is 0 Å². The van der Waals surface area contributed by atoms with Crippen molar-refractivity contribution < 1.29 is 4.79 Å². The molecule has 1 fully saturated rings. The van der Waals surface area contributed by atoms with Gasteiger partial charge >= 0.3 is 0 Å². The number of nitrogens with zero attached hydrogens (tertiary/aromatic N) is 1. The highest BCUT2D eigenvalue weighted by Gasteiger charge is 2.33. The summed E-state index contributed by atoms with van der Waals surface area (Å²) in [5.41, 5.74) is 6.01. The Bertz CT molecular complexity index is 275. The molecule has 0 unspecified atom stereocenters. The Kier molecular flexibility index (Phi) is 9.11. The summed E-state index contributed by atoms with van der Waals surface area (Å²) in [7, 11) is 1.90. The lowest BCUT2D eigenvalue weighted by Gasteiger charge is -2.36. The second kappa shape index (κ2) is 9.38. The molecule has 0 aromatic carbocycles. The molecule has 1 aliphatic rings. The van der Waals surface area contributed by atoms with Crippen LogP contribution in [0, 0.1) is 5.41 Å². The first-order valence-electron chi connectivity index (χ1n) is 7.18. The number of nitrogens with two attached hydrogens (primary N) is 1. The molecule has 0 saturated heterocycles. The Hall–Kier alpha value is -0.540. The van der Waals surface area contributed by atoms with Crippen molar-refractivity contribution in [2.75, 3.05) is 20.1 Å². The highest BCUT2D eigenvalue weighted by Crippen LogP contribution is 2.38. The number of amides is 1. The molecule has 0 atom stereocenters. The maximum atomic E-state index is 12.2. The summed E-state index contributed by atoms with van der Waals surface area (Å²) < 4.78 is 0. The first-order chi connectivity index (χ1) is 8.63. The average Bonchev–Trinajstić information content (AvgIpc) is 2.40. The van der Waals surface area contributed by atoms with Crippen molar-refractivity contribution in [3.05, 3.63) is 12.7 Å². The van der Waals surface area contributed by atoms with E-state index < -0.39 is 0 Å². The highest BCUT2D eigenvalue weighted by molar-refractivity contribution is 5.85. The Balaban J connectivity index is 0.00000324. The number of carbonyl (C=O) groups is 1. The van der Waals surface area contributed by atoms with Crippen molar-refractivity contribution in [2.24, 2.45) is 11.1 Å². The van der Waals surface area contributed by atoms with Gasteiger partial charge in [0.15, 0.2) is 0 Å². The third kappa shape index (κ3) is 5.96. The normalized spacial score (nSPS) is 17.4. The van der Waals surface area contributed by atoms with Gasteiger partial charge in [-0.3, -0.25) is 4.79 Å². The van der Waals surface area contributed by atoms with Crippen LogP contribution in [0.3, 0.4) is 0 Å². The van der Waals surface area contributed by atoms with Crippen LogP contribution in [-0.4, -0.2) is 30.9 Å². The Morgan fingerprint density at radius 2 is 2.00 bits per heavy atom. The van der Waals surface area contributed by atoms with Crippen LogP contribution in [0.1, 0.15) is 51.4 Å². The maximum absolute atomic E-state index is 12.2. The fourth-order valence-corrected chi connectivity index (χ4v) is 2.81. The molecular weight excluding hydrogens is 260 g/mol. The number of allylic oxidation sites excluding steroid dienone is 1. The van der Waals surface area contributed by atoms with Crippen molar-refractivity contribution >= 4 is 18.3 Å². The molecular formula is C15H29ClN2O. The molecule has 0 aromatic heterocycles. The molecule has 19 heavy (non-hydrogen) atoms. The minimum atomic E-state index is 0. The summed E-state index contributed by atoms with van der Waals surface area (Å²) in [5.74, 6) is 0.256. The van der Waals surface area contributed by atoms with Gasteiger partial charge in [-0.2, -0.15) is 0 Å². The van der Waals surface area contributed by atoms with E-state index in [1.807, 2.05) is 18.0 Å². The predicted octanol–water partition coefficient (Wildman–Crippen LogP) is 3.13. The van der Waals surface area contributed by atoms with E-state index in [1.165, 1.54) is 19.3 Å². The molecule has 0 aliphatic heterocycles. The van der Waals surface area contributed by atoms with E-state index in [1.54, 1.807) is 0 Å². The van der Waals surface area contributed by atoms with Crippen LogP contribution in [0.5, 0.6) is 0 Å². The zero-order valence-corrected chi connectivity index (χ0v) is 13.0. The molecule has 112 valence electrons. The molecule has 1 rings (SSSR count).